The average Bonchev–Trinajstić information content (AvgIpc) is 2.83. The quantitative estimate of drug-likeness (QED) is 0.632. The summed E-state index contributed by atoms with van der Waals surface area (Å²) in [5, 5.41) is 7.83. The molecule has 0 aliphatic rings. The highest BCUT2D eigenvalue weighted by Gasteiger charge is 2.29. The van der Waals surface area contributed by atoms with Crippen molar-refractivity contribution < 1.29 is 32.2 Å². The lowest BCUT2D eigenvalue weighted by molar-refractivity contribution is -0.136. The van der Waals surface area contributed by atoms with Crippen LogP contribution < -0.4 is 16.0 Å². The van der Waals surface area contributed by atoms with Crippen LogP contribution in [0.25, 0.3) is 10.2 Å². The minimum atomic E-state index is -4.56. The van der Waals surface area contributed by atoms with Crippen LogP contribution in [0.3, 0.4) is 0 Å². The number of aromatic nitrogens is 2. The summed E-state index contributed by atoms with van der Waals surface area (Å²) in [7, 11) is 0. The summed E-state index contributed by atoms with van der Waals surface area (Å²) in [6, 6.07) is 0. The number of hydrogen-bond acceptors (Lipinski definition) is 5. The number of thiophene rings is 1. The molecule has 0 unspecified atom stereocenters. The summed E-state index contributed by atoms with van der Waals surface area (Å²) in [6.07, 6.45) is -7.68. The second-order valence-corrected chi connectivity index (χ2v) is 5.86. The summed E-state index contributed by atoms with van der Waals surface area (Å²) >= 11 is 0.441. The first-order valence-corrected chi connectivity index (χ1v) is 7.74. The molecule has 25 heavy (non-hydrogen) atoms. The molecule has 0 fully saturated rings. The zero-order valence-corrected chi connectivity index (χ0v) is 13.5. The third-order valence-corrected chi connectivity index (χ3v) is 4.50. The second kappa shape index (κ2) is 6.86. The first-order chi connectivity index (χ1) is 11.6. The number of nitrogens with zero attached hydrogens (tertiary/aromatic N) is 2. The van der Waals surface area contributed by atoms with Gasteiger partial charge in [0.1, 0.15) is 11.5 Å². The lowest BCUT2D eigenvalue weighted by Crippen LogP contribution is -2.40. The van der Waals surface area contributed by atoms with Crippen molar-refractivity contribution >= 4 is 27.7 Å². The molecule has 2 rings (SSSR count). The lowest BCUT2D eigenvalue weighted by atomic mass is 10.2. The summed E-state index contributed by atoms with van der Waals surface area (Å²) in [6.45, 7) is -0.786. The molecule has 0 aromatic carbocycles. The second-order valence-electron chi connectivity index (χ2n) is 4.90. The van der Waals surface area contributed by atoms with Gasteiger partial charge in [-0.1, -0.05) is 11.3 Å². The zero-order valence-electron chi connectivity index (χ0n) is 12.7. The Bertz CT molecular complexity index is 928. The van der Waals surface area contributed by atoms with Gasteiger partial charge in [-0.3, -0.25) is 13.9 Å². The summed E-state index contributed by atoms with van der Waals surface area (Å²) in [5.41, 5.74) is -2.30. The number of hydrogen-bond donors (Lipinski definition) is 1. The van der Waals surface area contributed by atoms with E-state index < -0.39 is 53.8 Å². The maximum absolute atomic E-state index is 13.3. The first kappa shape index (κ1) is 19.0. The van der Waals surface area contributed by atoms with E-state index in [1.807, 2.05) is 0 Å². The molecule has 0 radical (unpaired) electrons. The standard InChI is InChI=1S/C13H12F4N2O5S/c1-2-18-8(20)7-6(5-14)10(24-12(22)23)25-9(7)19(11(18)21)4-3-13(15,16)17/h2-5H2,1H3,(H,22,23). The van der Waals surface area contributed by atoms with Crippen molar-refractivity contribution in [2.75, 3.05) is 0 Å². The van der Waals surface area contributed by atoms with E-state index in [9.17, 15) is 31.9 Å². The van der Waals surface area contributed by atoms with Gasteiger partial charge in [0, 0.05) is 13.1 Å². The van der Waals surface area contributed by atoms with E-state index in [1.165, 1.54) is 6.92 Å². The normalized spacial score (nSPS) is 11.9. The van der Waals surface area contributed by atoms with Crippen molar-refractivity contribution in [3.05, 3.63) is 26.4 Å². The Labute approximate surface area is 140 Å². The molecule has 0 saturated heterocycles. The van der Waals surface area contributed by atoms with Crippen LogP contribution >= 0.6 is 11.3 Å². The molecule has 2 aromatic heterocycles. The Balaban J connectivity index is 2.82. The van der Waals surface area contributed by atoms with Gasteiger partial charge in [0.15, 0.2) is 5.06 Å². The molecule has 2 aromatic rings. The van der Waals surface area contributed by atoms with E-state index in [2.05, 4.69) is 4.74 Å². The van der Waals surface area contributed by atoms with Crippen molar-refractivity contribution in [1.82, 2.24) is 9.13 Å². The molecule has 138 valence electrons. The summed E-state index contributed by atoms with van der Waals surface area (Å²) in [5.74, 6) is 0. The molecular weight excluding hydrogens is 372 g/mol. The minimum absolute atomic E-state index is 0.143. The largest absolute Gasteiger partial charge is 0.512 e. The maximum atomic E-state index is 13.3. The Morgan fingerprint density at radius 3 is 2.40 bits per heavy atom. The third kappa shape index (κ3) is 3.67. The van der Waals surface area contributed by atoms with E-state index >= 15 is 0 Å². The molecule has 7 nitrogen and oxygen atoms in total. The molecular formula is C13H12F4N2O5S. The van der Waals surface area contributed by atoms with Gasteiger partial charge in [-0.15, -0.1) is 0 Å². The fourth-order valence-electron chi connectivity index (χ4n) is 2.29. The van der Waals surface area contributed by atoms with Gasteiger partial charge in [0.25, 0.3) is 5.56 Å². The maximum Gasteiger partial charge on any atom is 0.512 e. The van der Waals surface area contributed by atoms with E-state index in [4.69, 9.17) is 5.11 Å². The average molecular weight is 384 g/mol. The Kier molecular flexibility index (Phi) is 5.20. The van der Waals surface area contributed by atoms with Gasteiger partial charge in [0.05, 0.1) is 17.4 Å². The topological polar surface area (TPSA) is 90.5 Å². The minimum Gasteiger partial charge on any atom is -0.449 e. The van der Waals surface area contributed by atoms with Crippen LogP contribution in [0.2, 0.25) is 0 Å². The van der Waals surface area contributed by atoms with E-state index in [0.29, 0.717) is 20.5 Å². The van der Waals surface area contributed by atoms with Gasteiger partial charge in [-0.25, -0.2) is 14.0 Å². The summed E-state index contributed by atoms with van der Waals surface area (Å²) in [4.78, 5) is 35.1. The van der Waals surface area contributed by atoms with Crippen molar-refractivity contribution in [1.29, 1.82) is 0 Å². The van der Waals surface area contributed by atoms with Crippen molar-refractivity contribution in [3.8, 4) is 5.06 Å². The van der Waals surface area contributed by atoms with Crippen LogP contribution in [0, 0.1) is 0 Å². The van der Waals surface area contributed by atoms with Crippen molar-refractivity contribution in [2.45, 2.75) is 39.3 Å². The number of carboxylic acid groups (broad SMARTS) is 1. The summed E-state index contributed by atoms with van der Waals surface area (Å²) < 4.78 is 56.6. The number of aryl methyl sites for hydroxylation is 1. The fourth-order valence-corrected chi connectivity index (χ4v) is 3.45. The number of carbonyl (C=O) groups is 1. The number of rotatable bonds is 5. The van der Waals surface area contributed by atoms with Gasteiger partial charge >= 0.3 is 18.0 Å². The molecule has 0 aliphatic heterocycles. The zero-order chi connectivity index (χ0) is 18.9. The van der Waals surface area contributed by atoms with Gasteiger partial charge in [-0.2, -0.15) is 13.2 Å². The molecule has 0 spiro atoms. The van der Waals surface area contributed by atoms with Crippen LogP contribution in [0.4, 0.5) is 22.4 Å². The highest BCUT2D eigenvalue weighted by molar-refractivity contribution is 7.20. The molecule has 0 atom stereocenters. The van der Waals surface area contributed by atoms with E-state index in [1.54, 1.807) is 0 Å². The van der Waals surface area contributed by atoms with Crippen LogP contribution in [-0.2, 0) is 19.8 Å². The van der Waals surface area contributed by atoms with E-state index in [-0.39, 0.29) is 16.8 Å². The number of alkyl halides is 4. The van der Waals surface area contributed by atoms with Gasteiger partial charge < -0.3 is 9.84 Å². The highest BCUT2D eigenvalue weighted by atomic mass is 32.1. The number of halogens is 4. The smallest absolute Gasteiger partial charge is 0.449 e. The predicted molar refractivity (Wildman–Crippen MR) is 80.2 cm³/mol. The van der Waals surface area contributed by atoms with Gasteiger partial charge in [0.2, 0.25) is 0 Å². The lowest BCUT2D eigenvalue weighted by Gasteiger charge is -2.12. The van der Waals surface area contributed by atoms with Crippen LogP contribution in [-0.4, -0.2) is 26.6 Å². The van der Waals surface area contributed by atoms with E-state index in [0.717, 1.165) is 0 Å². The first-order valence-electron chi connectivity index (χ1n) is 6.93. The van der Waals surface area contributed by atoms with Gasteiger partial charge in [-0.05, 0) is 6.92 Å². The van der Waals surface area contributed by atoms with Crippen LogP contribution in [0.1, 0.15) is 18.9 Å². The number of fused-ring (bicyclic) bond motifs is 1. The predicted octanol–water partition coefficient (Wildman–Crippen LogP) is 2.72. The molecule has 0 amide bonds. The number of ether oxygens (including phenoxy) is 1. The molecule has 0 saturated carbocycles. The van der Waals surface area contributed by atoms with Crippen LogP contribution in [0.15, 0.2) is 9.59 Å². The fraction of sp³-hybridized carbons (Fsp3) is 0.462. The highest BCUT2D eigenvalue weighted by Crippen LogP contribution is 2.36. The molecule has 0 bridgehead atoms. The molecule has 12 heteroatoms. The Hall–Kier alpha value is -2.37. The monoisotopic (exact) mass is 384 g/mol. The molecule has 2 heterocycles. The Morgan fingerprint density at radius 1 is 1.28 bits per heavy atom. The molecule has 1 N–H and O–H groups in total. The third-order valence-electron chi connectivity index (χ3n) is 3.37. The molecule has 0 aliphatic carbocycles. The van der Waals surface area contributed by atoms with Crippen LogP contribution in [0.5, 0.6) is 5.06 Å². The van der Waals surface area contributed by atoms with Crippen molar-refractivity contribution in [2.24, 2.45) is 0 Å². The SMILES string of the molecule is CCn1c(=O)c2c(CF)c(OC(=O)O)sc2n(CCC(F)(F)F)c1=O. The van der Waals surface area contributed by atoms with Crippen molar-refractivity contribution in [3.63, 3.8) is 0 Å². The Morgan fingerprint density at radius 2 is 1.92 bits per heavy atom.